The van der Waals surface area contributed by atoms with Gasteiger partial charge < -0.3 is 20.1 Å². The summed E-state index contributed by atoms with van der Waals surface area (Å²) in [5, 5.41) is 13.4. The van der Waals surface area contributed by atoms with Crippen LogP contribution in [-0.4, -0.2) is 22.4 Å². The van der Waals surface area contributed by atoms with Gasteiger partial charge in [0.15, 0.2) is 0 Å². The lowest BCUT2D eigenvalue weighted by Crippen LogP contribution is -2.28. The number of phenols is 1. The lowest BCUT2D eigenvalue weighted by Gasteiger charge is -2.25. The zero-order valence-corrected chi connectivity index (χ0v) is 11.9. The number of aromatic hydroxyl groups is 1. The highest BCUT2D eigenvalue weighted by Crippen LogP contribution is 2.32. The number of methoxy groups -OCH3 is 1. The monoisotopic (exact) mass is 277 g/mol. The van der Waals surface area contributed by atoms with E-state index < -0.39 is 5.60 Å². The van der Waals surface area contributed by atoms with Crippen LogP contribution in [0.2, 0.25) is 0 Å². The minimum absolute atomic E-state index is 0.0295. The minimum atomic E-state index is -0.537. The van der Waals surface area contributed by atoms with Crippen molar-refractivity contribution >= 4 is 5.69 Å². The minimum Gasteiger partial charge on any atom is -0.506 e. The van der Waals surface area contributed by atoms with Gasteiger partial charge in [-0.2, -0.15) is 4.98 Å². The van der Waals surface area contributed by atoms with Crippen LogP contribution in [0.3, 0.4) is 0 Å². The van der Waals surface area contributed by atoms with E-state index in [0.717, 1.165) is 12.8 Å². The molecule has 0 aliphatic heterocycles. The third kappa shape index (κ3) is 2.34. The number of benzene rings is 1. The average Bonchev–Trinajstić information content (AvgIpc) is 2.95. The van der Waals surface area contributed by atoms with Crippen molar-refractivity contribution in [2.24, 2.45) is 0 Å². The Morgan fingerprint density at radius 1 is 1.35 bits per heavy atom. The summed E-state index contributed by atoms with van der Waals surface area (Å²) in [4.78, 5) is 4.40. The first-order valence-corrected chi connectivity index (χ1v) is 6.54. The van der Waals surface area contributed by atoms with Crippen LogP contribution in [0.15, 0.2) is 22.7 Å². The number of aromatic nitrogens is 2. The molecule has 0 aliphatic rings. The van der Waals surface area contributed by atoms with Crippen molar-refractivity contribution in [1.82, 2.24) is 10.1 Å². The molecule has 3 N–H and O–H groups in total. The number of hydrogen-bond acceptors (Lipinski definition) is 6. The molecule has 0 amide bonds. The third-order valence-electron chi connectivity index (χ3n) is 3.64. The third-order valence-corrected chi connectivity index (χ3v) is 3.64. The molecule has 0 spiro atoms. The highest BCUT2D eigenvalue weighted by molar-refractivity contribution is 5.64. The number of ether oxygens (including phenoxy) is 1. The van der Waals surface area contributed by atoms with Crippen LogP contribution >= 0.6 is 0 Å². The van der Waals surface area contributed by atoms with Crippen molar-refractivity contribution in [3.8, 4) is 17.2 Å². The first-order chi connectivity index (χ1) is 9.56. The van der Waals surface area contributed by atoms with Crippen molar-refractivity contribution in [3.05, 3.63) is 24.0 Å². The highest BCUT2D eigenvalue weighted by Gasteiger charge is 2.33. The van der Waals surface area contributed by atoms with E-state index in [1.807, 2.05) is 13.8 Å². The molecule has 20 heavy (non-hydrogen) atoms. The van der Waals surface area contributed by atoms with Gasteiger partial charge in [0.2, 0.25) is 5.82 Å². The molecule has 0 unspecified atom stereocenters. The van der Waals surface area contributed by atoms with Crippen LogP contribution in [0.5, 0.6) is 5.75 Å². The molecule has 6 heteroatoms. The van der Waals surface area contributed by atoms with Crippen molar-refractivity contribution in [2.75, 3.05) is 12.8 Å². The predicted molar refractivity (Wildman–Crippen MR) is 75.1 cm³/mol. The highest BCUT2D eigenvalue weighted by atomic mass is 16.5. The molecule has 0 saturated carbocycles. The predicted octanol–water partition coefficient (Wildman–Crippen LogP) is 2.69. The second kappa shape index (κ2) is 5.50. The summed E-state index contributed by atoms with van der Waals surface area (Å²) < 4.78 is 10.8. The standard InChI is InChI=1S/C14H19N3O3/c1-4-14(5-2,19-3)13-16-12(20-17-13)9-6-7-11(18)10(15)8-9/h6-8,18H,4-5,15H2,1-3H3. The SMILES string of the molecule is CCC(CC)(OC)c1noc(-c2ccc(O)c(N)c2)n1. The van der Waals surface area contributed by atoms with Gasteiger partial charge in [0, 0.05) is 12.7 Å². The Morgan fingerprint density at radius 3 is 2.60 bits per heavy atom. The van der Waals surface area contributed by atoms with Gasteiger partial charge in [-0.3, -0.25) is 0 Å². The molecule has 1 aromatic heterocycles. The van der Waals surface area contributed by atoms with E-state index in [2.05, 4.69) is 10.1 Å². The summed E-state index contributed by atoms with van der Waals surface area (Å²) in [6, 6.07) is 4.77. The fraction of sp³-hybridized carbons (Fsp3) is 0.429. The summed E-state index contributed by atoms with van der Waals surface area (Å²) in [5.41, 5.74) is 6.06. The van der Waals surface area contributed by atoms with E-state index in [9.17, 15) is 5.11 Å². The van der Waals surface area contributed by atoms with Gasteiger partial charge in [-0.25, -0.2) is 0 Å². The summed E-state index contributed by atoms with van der Waals surface area (Å²) in [5.74, 6) is 0.906. The number of rotatable bonds is 5. The maximum atomic E-state index is 9.43. The molecule has 0 fully saturated rings. The fourth-order valence-corrected chi connectivity index (χ4v) is 2.16. The van der Waals surface area contributed by atoms with Crippen LogP contribution < -0.4 is 5.73 Å². The van der Waals surface area contributed by atoms with Gasteiger partial charge >= 0.3 is 0 Å². The van der Waals surface area contributed by atoms with Gasteiger partial charge in [-0.05, 0) is 31.0 Å². The quantitative estimate of drug-likeness (QED) is 0.644. The van der Waals surface area contributed by atoms with Crippen LogP contribution in [0.4, 0.5) is 5.69 Å². The molecule has 2 rings (SSSR count). The smallest absolute Gasteiger partial charge is 0.258 e. The van der Waals surface area contributed by atoms with Crippen LogP contribution in [0.25, 0.3) is 11.5 Å². The van der Waals surface area contributed by atoms with E-state index in [-0.39, 0.29) is 11.4 Å². The molecule has 0 aliphatic carbocycles. The Morgan fingerprint density at radius 2 is 2.05 bits per heavy atom. The Hall–Kier alpha value is -2.08. The number of hydrogen-bond donors (Lipinski definition) is 2. The second-order valence-electron chi connectivity index (χ2n) is 4.60. The number of nitrogens with zero attached hydrogens (tertiary/aromatic N) is 2. The Balaban J connectivity index is 2.39. The van der Waals surface area contributed by atoms with E-state index in [0.29, 0.717) is 17.3 Å². The lowest BCUT2D eigenvalue weighted by molar-refractivity contribution is -0.0306. The molecule has 6 nitrogen and oxygen atoms in total. The summed E-state index contributed by atoms with van der Waals surface area (Å²) >= 11 is 0. The zero-order chi connectivity index (χ0) is 14.8. The van der Waals surface area contributed by atoms with Crippen LogP contribution in [0, 0.1) is 0 Å². The van der Waals surface area contributed by atoms with Crippen molar-refractivity contribution < 1.29 is 14.4 Å². The second-order valence-corrected chi connectivity index (χ2v) is 4.60. The van der Waals surface area contributed by atoms with Gasteiger partial charge in [-0.1, -0.05) is 19.0 Å². The zero-order valence-electron chi connectivity index (χ0n) is 11.9. The summed E-state index contributed by atoms with van der Waals surface area (Å²) in [6.07, 6.45) is 1.49. The lowest BCUT2D eigenvalue weighted by atomic mass is 9.96. The number of phenolic OH excluding ortho intramolecular Hbond substituents is 1. The van der Waals surface area contributed by atoms with E-state index in [4.69, 9.17) is 15.0 Å². The normalized spacial score (nSPS) is 11.8. The van der Waals surface area contributed by atoms with Gasteiger partial charge in [0.05, 0.1) is 5.69 Å². The van der Waals surface area contributed by atoms with E-state index in [1.54, 1.807) is 19.2 Å². The van der Waals surface area contributed by atoms with Crippen molar-refractivity contribution in [1.29, 1.82) is 0 Å². The maximum Gasteiger partial charge on any atom is 0.258 e. The van der Waals surface area contributed by atoms with Gasteiger partial charge in [0.1, 0.15) is 11.4 Å². The molecule has 0 atom stereocenters. The molecule has 1 aromatic carbocycles. The molecule has 2 aromatic rings. The topological polar surface area (TPSA) is 94.4 Å². The average molecular weight is 277 g/mol. The number of anilines is 1. The Kier molecular flexibility index (Phi) is 3.94. The molecule has 108 valence electrons. The van der Waals surface area contributed by atoms with Crippen molar-refractivity contribution in [2.45, 2.75) is 32.3 Å². The maximum absolute atomic E-state index is 9.43. The molecular formula is C14H19N3O3. The van der Waals surface area contributed by atoms with Crippen molar-refractivity contribution in [3.63, 3.8) is 0 Å². The summed E-state index contributed by atoms with van der Waals surface area (Å²) in [6.45, 7) is 4.03. The first-order valence-electron chi connectivity index (χ1n) is 6.54. The van der Waals surface area contributed by atoms with Crippen LogP contribution in [0.1, 0.15) is 32.5 Å². The number of nitrogen functional groups attached to an aromatic ring is 1. The van der Waals surface area contributed by atoms with Crippen LogP contribution in [-0.2, 0) is 10.3 Å². The summed E-state index contributed by atoms with van der Waals surface area (Å²) in [7, 11) is 1.64. The largest absolute Gasteiger partial charge is 0.506 e. The Labute approximate surface area is 117 Å². The van der Waals surface area contributed by atoms with Gasteiger partial charge in [0.25, 0.3) is 5.89 Å². The van der Waals surface area contributed by atoms with Gasteiger partial charge in [-0.15, -0.1) is 0 Å². The molecule has 0 bridgehead atoms. The molecule has 0 radical (unpaired) electrons. The molecule has 0 saturated heterocycles. The Bertz CT molecular complexity index is 583. The fourth-order valence-electron chi connectivity index (χ4n) is 2.16. The molecular weight excluding hydrogens is 258 g/mol. The first kappa shape index (κ1) is 14.3. The van der Waals surface area contributed by atoms with E-state index >= 15 is 0 Å². The molecule has 1 heterocycles. The number of nitrogens with two attached hydrogens (primary N) is 1. The van der Waals surface area contributed by atoms with E-state index in [1.165, 1.54) is 6.07 Å².